The molecule has 0 atom stereocenters. The first-order valence-corrected chi connectivity index (χ1v) is 19.6. The molecule has 0 saturated heterocycles. The van der Waals surface area contributed by atoms with Crippen LogP contribution in [0.5, 0.6) is 0 Å². The third-order valence-corrected chi connectivity index (χ3v) is 11.9. The molecule has 3 nitrogen and oxygen atoms in total. The first kappa shape index (κ1) is 33.1. The van der Waals surface area contributed by atoms with Crippen LogP contribution in [0, 0.1) is 0 Å². The molecule has 0 aliphatic heterocycles. The maximum Gasteiger partial charge on any atom is 0.164 e. The van der Waals surface area contributed by atoms with Gasteiger partial charge in [0.15, 0.2) is 17.5 Å². The van der Waals surface area contributed by atoms with Gasteiger partial charge in [0, 0.05) is 22.1 Å². The van der Waals surface area contributed by atoms with E-state index in [1.807, 2.05) is 6.07 Å². The van der Waals surface area contributed by atoms with Gasteiger partial charge in [-0.3, -0.25) is 0 Å². The summed E-state index contributed by atoms with van der Waals surface area (Å²) in [7, 11) is 0. The Morgan fingerprint density at radius 1 is 0.281 bits per heavy atom. The molecule has 57 heavy (non-hydrogen) atoms. The number of hydrogen-bond acceptors (Lipinski definition) is 3. The lowest BCUT2D eigenvalue weighted by Crippen LogP contribution is -2.14. The van der Waals surface area contributed by atoms with E-state index in [2.05, 4.69) is 196 Å². The van der Waals surface area contributed by atoms with E-state index in [4.69, 9.17) is 15.0 Å². The van der Waals surface area contributed by atoms with E-state index in [0.717, 1.165) is 27.8 Å². The summed E-state index contributed by atoms with van der Waals surface area (Å²) in [6.07, 6.45) is 0. The fourth-order valence-corrected chi connectivity index (χ4v) is 8.97. The molecule has 9 aromatic carbocycles. The SMILES string of the molecule is CC1(C)c2ccccc2-c2ccc(-c3cccc(-c4nc(-c5ccc(-c6ccccc6)cc5)nc(-c5ccc6c7ccccc7c7ccccc7c6c5)n4)c3)cc21. The smallest absolute Gasteiger partial charge is 0.164 e. The molecule has 268 valence electrons. The fraction of sp³-hybridized carbons (Fsp3) is 0.0556. The Labute approximate surface area is 332 Å². The monoisotopic (exact) mass is 727 g/mol. The van der Waals surface area contributed by atoms with Crippen LogP contribution in [0.2, 0.25) is 0 Å². The minimum absolute atomic E-state index is 0.0783. The van der Waals surface area contributed by atoms with Crippen molar-refractivity contribution in [1.29, 1.82) is 0 Å². The summed E-state index contributed by atoms with van der Waals surface area (Å²) in [4.78, 5) is 15.6. The van der Waals surface area contributed by atoms with Crippen molar-refractivity contribution >= 4 is 32.3 Å². The van der Waals surface area contributed by atoms with Gasteiger partial charge in [0.1, 0.15) is 0 Å². The molecule has 0 saturated carbocycles. The highest BCUT2D eigenvalue weighted by atomic mass is 15.0. The number of aromatic nitrogens is 3. The first-order valence-electron chi connectivity index (χ1n) is 19.6. The van der Waals surface area contributed by atoms with E-state index in [1.165, 1.54) is 65.7 Å². The Kier molecular flexibility index (Phi) is 7.52. The summed E-state index contributed by atoms with van der Waals surface area (Å²) in [5.41, 5.74) is 12.8. The summed E-state index contributed by atoms with van der Waals surface area (Å²) >= 11 is 0. The van der Waals surface area contributed by atoms with Crippen LogP contribution < -0.4 is 0 Å². The van der Waals surface area contributed by atoms with Crippen molar-refractivity contribution in [2.24, 2.45) is 0 Å². The molecule has 1 heterocycles. The van der Waals surface area contributed by atoms with Gasteiger partial charge in [-0.25, -0.2) is 15.0 Å². The Morgan fingerprint density at radius 2 is 0.719 bits per heavy atom. The van der Waals surface area contributed by atoms with Crippen LogP contribution in [-0.4, -0.2) is 15.0 Å². The summed E-state index contributed by atoms with van der Waals surface area (Å²) in [6, 6.07) is 67.3. The lowest BCUT2D eigenvalue weighted by molar-refractivity contribution is 0.660. The van der Waals surface area contributed by atoms with Crippen molar-refractivity contribution in [3.05, 3.63) is 199 Å². The van der Waals surface area contributed by atoms with Crippen LogP contribution in [0.3, 0.4) is 0 Å². The highest BCUT2D eigenvalue weighted by Crippen LogP contribution is 2.49. The van der Waals surface area contributed by atoms with Gasteiger partial charge >= 0.3 is 0 Å². The lowest BCUT2D eigenvalue weighted by Gasteiger charge is -2.22. The zero-order valence-corrected chi connectivity index (χ0v) is 31.7. The van der Waals surface area contributed by atoms with Crippen molar-refractivity contribution in [1.82, 2.24) is 15.0 Å². The number of fused-ring (bicyclic) bond motifs is 9. The summed E-state index contributed by atoms with van der Waals surface area (Å²) in [6.45, 7) is 4.66. The van der Waals surface area contributed by atoms with Crippen LogP contribution in [0.1, 0.15) is 25.0 Å². The molecule has 1 aromatic heterocycles. The Balaban J connectivity index is 1.06. The van der Waals surface area contributed by atoms with Crippen molar-refractivity contribution in [2.75, 3.05) is 0 Å². The minimum atomic E-state index is -0.0783. The van der Waals surface area contributed by atoms with E-state index in [1.54, 1.807) is 0 Å². The van der Waals surface area contributed by atoms with Gasteiger partial charge in [0.2, 0.25) is 0 Å². The maximum absolute atomic E-state index is 5.23. The van der Waals surface area contributed by atoms with Crippen molar-refractivity contribution < 1.29 is 0 Å². The molecule has 10 aromatic rings. The van der Waals surface area contributed by atoms with Crippen LogP contribution in [0.4, 0.5) is 0 Å². The highest BCUT2D eigenvalue weighted by Gasteiger charge is 2.35. The number of benzene rings is 9. The Hall–Kier alpha value is -7.23. The molecule has 0 bridgehead atoms. The van der Waals surface area contributed by atoms with Crippen molar-refractivity contribution in [3.8, 4) is 67.5 Å². The highest BCUT2D eigenvalue weighted by molar-refractivity contribution is 6.25. The molecular weight excluding hydrogens is 691 g/mol. The van der Waals surface area contributed by atoms with E-state index >= 15 is 0 Å². The van der Waals surface area contributed by atoms with Gasteiger partial charge in [-0.15, -0.1) is 0 Å². The predicted molar refractivity (Wildman–Crippen MR) is 237 cm³/mol. The van der Waals surface area contributed by atoms with E-state index in [-0.39, 0.29) is 5.41 Å². The number of rotatable bonds is 5. The topological polar surface area (TPSA) is 38.7 Å². The van der Waals surface area contributed by atoms with Gasteiger partial charge in [0.25, 0.3) is 0 Å². The molecule has 0 amide bonds. The van der Waals surface area contributed by atoms with Crippen LogP contribution >= 0.6 is 0 Å². The average molecular weight is 728 g/mol. The molecule has 0 radical (unpaired) electrons. The Morgan fingerprint density at radius 3 is 1.42 bits per heavy atom. The van der Waals surface area contributed by atoms with E-state index < -0.39 is 0 Å². The average Bonchev–Trinajstić information content (AvgIpc) is 3.51. The van der Waals surface area contributed by atoms with Crippen LogP contribution in [-0.2, 0) is 5.41 Å². The standard InChI is InChI=1S/C54H37N3/c1-54(2)49-22-11-10-21-46(49)47-30-27-38(33-50(47)54)37-15-12-16-39(31-37)52-55-51(36-25-23-35(24-26-36)34-13-4-3-5-14-34)56-53(57-52)40-28-29-45-43-19-7-6-17-41(43)42-18-8-9-20-44(42)48(45)32-40/h3-33H,1-2H3. The summed E-state index contributed by atoms with van der Waals surface area (Å²) < 4.78 is 0. The van der Waals surface area contributed by atoms with Crippen molar-refractivity contribution in [3.63, 3.8) is 0 Å². The largest absolute Gasteiger partial charge is 0.208 e. The molecule has 1 aliphatic rings. The maximum atomic E-state index is 5.23. The molecule has 3 heteroatoms. The van der Waals surface area contributed by atoms with Crippen LogP contribution in [0.15, 0.2) is 188 Å². The van der Waals surface area contributed by atoms with Crippen molar-refractivity contribution in [2.45, 2.75) is 19.3 Å². The summed E-state index contributed by atoms with van der Waals surface area (Å²) in [5, 5.41) is 7.35. The van der Waals surface area contributed by atoms with Gasteiger partial charge < -0.3 is 0 Å². The normalized spacial score (nSPS) is 12.9. The summed E-state index contributed by atoms with van der Waals surface area (Å²) in [5.74, 6) is 1.92. The third kappa shape index (κ3) is 5.46. The molecule has 0 fully saturated rings. The predicted octanol–water partition coefficient (Wildman–Crippen LogP) is 14.0. The van der Waals surface area contributed by atoms with Gasteiger partial charge in [-0.05, 0) is 95.0 Å². The van der Waals surface area contributed by atoms with Gasteiger partial charge in [0.05, 0.1) is 0 Å². The second kappa shape index (κ2) is 12.9. The molecule has 0 spiro atoms. The Bertz CT molecular complexity index is 3160. The minimum Gasteiger partial charge on any atom is -0.208 e. The molecule has 0 N–H and O–H groups in total. The zero-order valence-electron chi connectivity index (χ0n) is 31.7. The number of hydrogen-bond donors (Lipinski definition) is 0. The first-order chi connectivity index (χ1) is 28.0. The third-order valence-electron chi connectivity index (χ3n) is 11.9. The quantitative estimate of drug-likeness (QED) is 0.166. The second-order valence-corrected chi connectivity index (χ2v) is 15.6. The van der Waals surface area contributed by atoms with Crippen LogP contribution in [0.25, 0.3) is 99.9 Å². The second-order valence-electron chi connectivity index (χ2n) is 15.6. The zero-order chi connectivity index (χ0) is 38.1. The molecule has 11 rings (SSSR count). The van der Waals surface area contributed by atoms with Gasteiger partial charge in [-0.1, -0.05) is 184 Å². The molecular formula is C54H37N3. The van der Waals surface area contributed by atoms with Gasteiger partial charge in [-0.2, -0.15) is 0 Å². The van der Waals surface area contributed by atoms with E-state index in [9.17, 15) is 0 Å². The lowest BCUT2D eigenvalue weighted by atomic mass is 9.81. The number of nitrogens with zero attached hydrogens (tertiary/aromatic N) is 3. The van der Waals surface area contributed by atoms with E-state index in [0.29, 0.717) is 17.5 Å². The fourth-order valence-electron chi connectivity index (χ4n) is 8.97. The molecule has 1 aliphatic carbocycles. The molecule has 0 unspecified atom stereocenters.